The van der Waals surface area contributed by atoms with Gasteiger partial charge in [-0.15, -0.1) is 0 Å². The molecule has 0 saturated carbocycles. The van der Waals surface area contributed by atoms with Gasteiger partial charge in [-0.25, -0.2) is 4.79 Å². The van der Waals surface area contributed by atoms with Crippen LogP contribution in [0.15, 0.2) is 12.7 Å². The maximum absolute atomic E-state index is 10.2. The van der Waals surface area contributed by atoms with E-state index in [4.69, 9.17) is 0 Å². The zero-order chi connectivity index (χ0) is 6.41. The normalized spacial score (nSPS) is 8.12. The molecule has 0 aliphatic rings. The Labute approximate surface area is 53.9 Å². The average Bonchev–Trinajstić information content (AvgIpc) is 1.83. The molecular weight excluding hydrogens is 124 g/mol. The van der Waals surface area contributed by atoms with Gasteiger partial charge in [0, 0.05) is 11.8 Å². The molecule has 0 N–H and O–H groups in total. The van der Waals surface area contributed by atoms with Crippen molar-refractivity contribution in [2.45, 2.75) is 0 Å². The Hall–Kier alpha value is -0.440. The van der Waals surface area contributed by atoms with Gasteiger partial charge >= 0.3 is 5.97 Å². The number of carbonyl (C=O) groups is 1. The molecule has 46 valence electrons. The summed E-state index contributed by atoms with van der Waals surface area (Å²) < 4.78 is 4.51. The number of rotatable bonds is 3. The summed E-state index contributed by atoms with van der Waals surface area (Å²) >= 11 is 3.82. The van der Waals surface area contributed by atoms with Gasteiger partial charge in [-0.3, -0.25) is 0 Å². The predicted octanol–water partition coefficient (Wildman–Crippen LogP) is 0.645. The van der Waals surface area contributed by atoms with Crippen molar-refractivity contribution >= 4 is 18.6 Å². The van der Waals surface area contributed by atoms with Gasteiger partial charge in [0.05, 0.1) is 0 Å². The summed E-state index contributed by atoms with van der Waals surface area (Å²) in [6, 6.07) is 0. The minimum Gasteiger partial charge on any atom is -0.462 e. The molecule has 0 radical (unpaired) electrons. The maximum Gasteiger partial charge on any atom is 0.330 e. The van der Waals surface area contributed by atoms with E-state index in [9.17, 15) is 4.79 Å². The van der Waals surface area contributed by atoms with Crippen LogP contribution in [0.4, 0.5) is 0 Å². The largest absolute Gasteiger partial charge is 0.462 e. The van der Waals surface area contributed by atoms with Crippen molar-refractivity contribution in [1.29, 1.82) is 0 Å². The molecular formula is C5H8O2S. The van der Waals surface area contributed by atoms with E-state index < -0.39 is 0 Å². The van der Waals surface area contributed by atoms with Gasteiger partial charge in [-0.2, -0.15) is 12.6 Å². The van der Waals surface area contributed by atoms with Crippen LogP contribution in [0.3, 0.4) is 0 Å². The molecule has 0 aromatic carbocycles. The Bertz CT molecular complexity index is 90.4. The first-order valence-electron chi connectivity index (χ1n) is 2.21. The molecule has 8 heavy (non-hydrogen) atoms. The molecule has 0 aromatic heterocycles. The molecule has 0 rings (SSSR count). The zero-order valence-corrected chi connectivity index (χ0v) is 5.36. The van der Waals surface area contributed by atoms with Gasteiger partial charge in [-0.1, -0.05) is 6.58 Å². The summed E-state index contributed by atoms with van der Waals surface area (Å²) in [5.74, 6) is 0.165. The van der Waals surface area contributed by atoms with E-state index >= 15 is 0 Å². The fourth-order valence-electron chi connectivity index (χ4n) is 0.205. The molecule has 0 heterocycles. The maximum atomic E-state index is 10.2. The zero-order valence-electron chi connectivity index (χ0n) is 4.46. The Morgan fingerprint density at radius 1 is 1.88 bits per heavy atom. The van der Waals surface area contributed by atoms with Crippen LogP contribution in [0.5, 0.6) is 0 Å². The van der Waals surface area contributed by atoms with E-state index in [2.05, 4.69) is 23.9 Å². The van der Waals surface area contributed by atoms with Crippen molar-refractivity contribution in [3.8, 4) is 0 Å². The van der Waals surface area contributed by atoms with Crippen molar-refractivity contribution in [3.63, 3.8) is 0 Å². The molecule has 0 aromatic rings. The van der Waals surface area contributed by atoms with Crippen LogP contribution >= 0.6 is 12.6 Å². The first-order valence-corrected chi connectivity index (χ1v) is 2.84. The summed E-state index contributed by atoms with van der Waals surface area (Å²) in [5.41, 5.74) is 0. The first kappa shape index (κ1) is 7.56. The van der Waals surface area contributed by atoms with Gasteiger partial charge in [0.15, 0.2) is 0 Å². The first-order chi connectivity index (χ1) is 3.81. The summed E-state index contributed by atoms with van der Waals surface area (Å²) in [6.07, 6.45) is 1.13. The van der Waals surface area contributed by atoms with Crippen molar-refractivity contribution in [2.24, 2.45) is 0 Å². The van der Waals surface area contributed by atoms with Gasteiger partial charge < -0.3 is 4.74 Å². The summed E-state index contributed by atoms with van der Waals surface area (Å²) in [6.45, 7) is 3.57. The number of hydrogen-bond acceptors (Lipinski definition) is 3. The van der Waals surface area contributed by atoms with Gasteiger partial charge in [0.25, 0.3) is 0 Å². The second-order valence-electron chi connectivity index (χ2n) is 1.10. The van der Waals surface area contributed by atoms with E-state index in [1.54, 1.807) is 0 Å². The smallest absolute Gasteiger partial charge is 0.330 e. The molecule has 0 bridgehead atoms. The highest BCUT2D eigenvalue weighted by atomic mass is 32.1. The van der Waals surface area contributed by atoms with Crippen LogP contribution in [-0.4, -0.2) is 18.3 Å². The third-order valence-electron chi connectivity index (χ3n) is 0.502. The van der Waals surface area contributed by atoms with E-state index in [-0.39, 0.29) is 5.97 Å². The third-order valence-corrected chi connectivity index (χ3v) is 0.685. The second-order valence-corrected chi connectivity index (χ2v) is 1.54. The van der Waals surface area contributed by atoms with Crippen LogP contribution < -0.4 is 0 Å². The molecule has 0 aliphatic carbocycles. The summed E-state index contributed by atoms with van der Waals surface area (Å²) in [7, 11) is 0. The van der Waals surface area contributed by atoms with E-state index in [0.717, 1.165) is 6.08 Å². The van der Waals surface area contributed by atoms with E-state index in [1.807, 2.05) is 0 Å². The lowest BCUT2D eigenvalue weighted by atomic mass is 10.6. The Kier molecular flexibility index (Phi) is 4.45. The SMILES string of the molecule is C=CC(=O)OCCS. The summed E-state index contributed by atoms with van der Waals surface area (Å²) in [4.78, 5) is 10.2. The number of thiol groups is 1. The van der Waals surface area contributed by atoms with Crippen LogP contribution in [0.2, 0.25) is 0 Å². The molecule has 0 fully saturated rings. The van der Waals surface area contributed by atoms with Crippen molar-refractivity contribution in [2.75, 3.05) is 12.4 Å². The standard InChI is InChI=1S/C5H8O2S/c1-2-5(6)7-3-4-8/h2,8H,1,3-4H2. The molecule has 0 atom stereocenters. The Balaban J connectivity index is 3.11. The number of hydrogen-bond donors (Lipinski definition) is 1. The van der Waals surface area contributed by atoms with Crippen molar-refractivity contribution < 1.29 is 9.53 Å². The lowest BCUT2D eigenvalue weighted by Gasteiger charge is -1.94. The highest BCUT2D eigenvalue weighted by molar-refractivity contribution is 7.80. The quantitative estimate of drug-likeness (QED) is 0.346. The Morgan fingerprint density at radius 3 is 2.88 bits per heavy atom. The number of carbonyl (C=O) groups excluding carboxylic acids is 1. The van der Waals surface area contributed by atoms with Crippen LogP contribution in [0, 0.1) is 0 Å². The highest BCUT2D eigenvalue weighted by Gasteiger charge is 1.89. The topological polar surface area (TPSA) is 26.3 Å². The van der Waals surface area contributed by atoms with Gasteiger partial charge in [0.1, 0.15) is 6.61 Å². The van der Waals surface area contributed by atoms with Gasteiger partial charge in [-0.05, 0) is 0 Å². The van der Waals surface area contributed by atoms with Crippen molar-refractivity contribution in [3.05, 3.63) is 12.7 Å². The van der Waals surface area contributed by atoms with E-state index in [0.29, 0.717) is 12.4 Å². The molecule has 2 nitrogen and oxygen atoms in total. The van der Waals surface area contributed by atoms with Crippen LogP contribution in [0.1, 0.15) is 0 Å². The second kappa shape index (κ2) is 4.71. The molecule has 0 spiro atoms. The summed E-state index contributed by atoms with van der Waals surface area (Å²) in [5, 5.41) is 0. The Morgan fingerprint density at radius 2 is 2.50 bits per heavy atom. The monoisotopic (exact) mass is 132 g/mol. The average molecular weight is 132 g/mol. The molecule has 3 heteroatoms. The lowest BCUT2D eigenvalue weighted by molar-refractivity contribution is -0.137. The molecule has 0 unspecified atom stereocenters. The predicted molar refractivity (Wildman–Crippen MR) is 35.0 cm³/mol. The highest BCUT2D eigenvalue weighted by Crippen LogP contribution is 1.79. The van der Waals surface area contributed by atoms with Gasteiger partial charge in [0.2, 0.25) is 0 Å². The van der Waals surface area contributed by atoms with Crippen LogP contribution in [0.25, 0.3) is 0 Å². The fraction of sp³-hybridized carbons (Fsp3) is 0.400. The van der Waals surface area contributed by atoms with E-state index in [1.165, 1.54) is 0 Å². The van der Waals surface area contributed by atoms with Crippen molar-refractivity contribution in [1.82, 2.24) is 0 Å². The number of ether oxygens (including phenoxy) is 1. The third kappa shape index (κ3) is 3.74. The lowest BCUT2D eigenvalue weighted by Crippen LogP contribution is -2.01. The van der Waals surface area contributed by atoms with Crippen LogP contribution in [-0.2, 0) is 9.53 Å². The minimum atomic E-state index is -0.390. The molecule has 0 amide bonds. The molecule has 0 aliphatic heterocycles. The molecule has 0 saturated heterocycles. The minimum absolute atomic E-state index is 0.355. The fourth-order valence-corrected chi connectivity index (χ4v) is 0.296. The number of esters is 1.